The fourth-order valence-electron chi connectivity index (χ4n) is 2.62. The summed E-state index contributed by atoms with van der Waals surface area (Å²) in [6, 6.07) is 1.48. The summed E-state index contributed by atoms with van der Waals surface area (Å²) in [5.74, 6) is -2.23. The number of hydrogen-bond donors (Lipinski definition) is 2. The van der Waals surface area contributed by atoms with E-state index in [0.29, 0.717) is 25.7 Å². The van der Waals surface area contributed by atoms with E-state index in [1.54, 1.807) is 0 Å². The number of halogens is 2. The third-order valence-corrected chi connectivity index (χ3v) is 5.67. The van der Waals surface area contributed by atoms with Gasteiger partial charge in [-0.15, -0.1) is 0 Å². The van der Waals surface area contributed by atoms with Crippen LogP contribution in [0.5, 0.6) is 0 Å². The lowest BCUT2D eigenvalue weighted by atomic mass is 10.1. The average Bonchev–Trinajstić information content (AvgIpc) is 2.91. The molecule has 0 saturated carbocycles. The first kappa shape index (κ1) is 16.1. The largest absolute Gasteiger partial charge is 0.396 e. The van der Waals surface area contributed by atoms with Crippen LogP contribution in [0.15, 0.2) is 17.0 Å². The highest BCUT2D eigenvalue weighted by Gasteiger charge is 2.37. The Morgan fingerprint density at radius 3 is 2.76 bits per heavy atom. The lowest BCUT2D eigenvalue weighted by Gasteiger charge is -2.24. The van der Waals surface area contributed by atoms with Gasteiger partial charge in [-0.3, -0.25) is 0 Å². The number of aliphatic hydroxyl groups excluding tert-OH is 1. The van der Waals surface area contributed by atoms with Crippen LogP contribution in [0.4, 0.5) is 14.5 Å². The van der Waals surface area contributed by atoms with Crippen molar-refractivity contribution in [3.8, 4) is 0 Å². The topological polar surface area (TPSA) is 83.6 Å². The van der Waals surface area contributed by atoms with Crippen LogP contribution in [0.1, 0.15) is 25.7 Å². The van der Waals surface area contributed by atoms with Gasteiger partial charge in [-0.2, -0.15) is 4.31 Å². The summed E-state index contributed by atoms with van der Waals surface area (Å²) in [7, 11) is -4.06. The molecule has 1 aliphatic rings. The van der Waals surface area contributed by atoms with Crippen LogP contribution in [-0.2, 0) is 10.0 Å². The lowest BCUT2D eigenvalue weighted by Crippen LogP contribution is -2.36. The molecule has 0 aromatic heterocycles. The maximum Gasteiger partial charge on any atom is 0.246 e. The van der Waals surface area contributed by atoms with Gasteiger partial charge in [0.15, 0.2) is 5.82 Å². The highest BCUT2D eigenvalue weighted by Crippen LogP contribution is 2.31. The molecular formula is C13H18F2N2O3S. The molecule has 118 valence electrons. The molecule has 0 bridgehead atoms. The van der Waals surface area contributed by atoms with Crippen molar-refractivity contribution in [3.05, 3.63) is 23.8 Å². The number of hydrogen-bond acceptors (Lipinski definition) is 4. The maximum atomic E-state index is 14.0. The summed E-state index contributed by atoms with van der Waals surface area (Å²) < 4.78 is 53.4. The van der Waals surface area contributed by atoms with Gasteiger partial charge in [0, 0.05) is 19.2 Å². The Bertz CT molecular complexity index is 622. The smallest absolute Gasteiger partial charge is 0.246 e. The molecule has 0 aliphatic carbocycles. The lowest BCUT2D eigenvalue weighted by molar-refractivity contribution is 0.264. The molecule has 1 fully saturated rings. The molecule has 1 unspecified atom stereocenters. The van der Waals surface area contributed by atoms with Crippen LogP contribution < -0.4 is 5.73 Å². The van der Waals surface area contributed by atoms with E-state index in [1.165, 1.54) is 4.31 Å². The number of sulfonamides is 1. The van der Waals surface area contributed by atoms with Gasteiger partial charge in [0.25, 0.3) is 0 Å². The molecule has 2 rings (SSSR count). The quantitative estimate of drug-likeness (QED) is 0.805. The van der Waals surface area contributed by atoms with E-state index in [1.807, 2.05) is 0 Å². The molecule has 1 heterocycles. The zero-order valence-corrected chi connectivity index (χ0v) is 12.2. The fraction of sp³-hybridized carbons (Fsp3) is 0.538. The van der Waals surface area contributed by atoms with Crippen LogP contribution in [0.25, 0.3) is 0 Å². The number of benzene rings is 1. The standard InChI is InChI=1S/C13H18F2N2O3S/c14-10-5-6-11(12(15)13(10)16)21(19,20)17-7-1-3-9(17)4-2-8-18/h5-6,9,18H,1-4,7-8,16H2. The second kappa shape index (κ2) is 6.25. The van der Waals surface area contributed by atoms with Crippen LogP contribution >= 0.6 is 0 Å². The molecule has 1 aromatic carbocycles. The van der Waals surface area contributed by atoms with Gasteiger partial charge in [0.05, 0.1) is 0 Å². The van der Waals surface area contributed by atoms with Gasteiger partial charge in [-0.1, -0.05) is 0 Å². The summed E-state index contributed by atoms with van der Waals surface area (Å²) in [6.07, 6.45) is 2.32. The maximum absolute atomic E-state index is 14.0. The van der Waals surface area contributed by atoms with E-state index in [2.05, 4.69) is 0 Å². The Labute approximate surface area is 122 Å². The summed E-state index contributed by atoms with van der Waals surface area (Å²) in [5, 5.41) is 8.86. The molecule has 1 atom stereocenters. The Kier molecular flexibility index (Phi) is 4.80. The predicted octanol–water partition coefficient (Wildman–Crippen LogP) is 1.47. The van der Waals surface area contributed by atoms with E-state index in [0.717, 1.165) is 12.1 Å². The minimum absolute atomic E-state index is 0.0256. The molecule has 3 N–H and O–H groups in total. The van der Waals surface area contributed by atoms with Crippen LogP contribution in [0.3, 0.4) is 0 Å². The SMILES string of the molecule is Nc1c(F)ccc(S(=O)(=O)N2CCCC2CCCO)c1F. The monoisotopic (exact) mass is 320 g/mol. The molecular weight excluding hydrogens is 302 g/mol. The minimum atomic E-state index is -4.06. The van der Waals surface area contributed by atoms with Gasteiger partial charge in [-0.05, 0) is 37.8 Å². The fourth-order valence-corrected chi connectivity index (χ4v) is 4.42. The second-order valence-electron chi connectivity index (χ2n) is 5.05. The molecule has 1 aromatic rings. The summed E-state index contributed by atoms with van der Waals surface area (Å²) in [6.45, 7) is 0.261. The van der Waals surface area contributed by atoms with Gasteiger partial charge >= 0.3 is 0 Å². The van der Waals surface area contributed by atoms with Crippen LogP contribution in [0.2, 0.25) is 0 Å². The second-order valence-corrected chi connectivity index (χ2v) is 6.91. The van der Waals surface area contributed by atoms with Crippen molar-refractivity contribution in [2.75, 3.05) is 18.9 Å². The van der Waals surface area contributed by atoms with Crippen molar-refractivity contribution in [1.82, 2.24) is 4.31 Å². The Morgan fingerprint density at radius 1 is 1.38 bits per heavy atom. The Balaban J connectivity index is 2.35. The van der Waals surface area contributed by atoms with E-state index in [-0.39, 0.29) is 19.2 Å². The number of aliphatic hydroxyl groups is 1. The Hall–Kier alpha value is -1.25. The van der Waals surface area contributed by atoms with Crippen molar-refractivity contribution < 1.29 is 22.3 Å². The van der Waals surface area contributed by atoms with Crippen LogP contribution in [-0.4, -0.2) is 37.0 Å². The average molecular weight is 320 g/mol. The van der Waals surface area contributed by atoms with Crippen molar-refractivity contribution in [1.29, 1.82) is 0 Å². The molecule has 5 nitrogen and oxygen atoms in total. The molecule has 0 spiro atoms. The van der Waals surface area contributed by atoms with E-state index in [4.69, 9.17) is 10.8 Å². The molecule has 1 saturated heterocycles. The first-order valence-electron chi connectivity index (χ1n) is 6.75. The zero-order chi connectivity index (χ0) is 15.6. The first-order valence-corrected chi connectivity index (χ1v) is 8.19. The van der Waals surface area contributed by atoms with Crippen molar-refractivity contribution in [2.45, 2.75) is 36.6 Å². The van der Waals surface area contributed by atoms with Gasteiger partial charge in [0.1, 0.15) is 16.4 Å². The molecule has 8 heteroatoms. The van der Waals surface area contributed by atoms with Gasteiger partial charge in [0.2, 0.25) is 10.0 Å². The van der Waals surface area contributed by atoms with E-state index in [9.17, 15) is 17.2 Å². The van der Waals surface area contributed by atoms with Gasteiger partial charge < -0.3 is 10.8 Å². The molecule has 1 aliphatic heterocycles. The Morgan fingerprint density at radius 2 is 2.10 bits per heavy atom. The third kappa shape index (κ3) is 3.02. The number of nitrogen functional groups attached to an aromatic ring is 1. The molecule has 21 heavy (non-hydrogen) atoms. The van der Waals surface area contributed by atoms with Crippen molar-refractivity contribution in [2.24, 2.45) is 0 Å². The van der Waals surface area contributed by atoms with Gasteiger partial charge in [-0.25, -0.2) is 17.2 Å². The van der Waals surface area contributed by atoms with E-state index >= 15 is 0 Å². The minimum Gasteiger partial charge on any atom is -0.396 e. The van der Waals surface area contributed by atoms with Crippen molar-refractivity contribution >= 4 is 15.7 Å². The first-order chi connectivity index (χ1) is 9.89. The van der Waals surface area contributed by atoms with Crippen molar-refractivity contribution in [3.63, 3.8) is 0 Å². The highest BCUT2D eigenvalue weighted by atomic mass is 32.2. The molecule has 0 amide bonds. The summed E-state index contributed by atoms with van der Waals surface area (Å²) >= 11 is 0. The summed E-state index contributed by atoms with van der Waals surface area (Å²) in [4.78, 5) is -0.600. The highest BCUT2D eigenvalue weighted by molar-refractivity contribution is 7.89. The van der Waals surface area contributed by atoms with Crippen LogP contribution in [0, 0.1) is 11.6 Å². The number of rotatable bonds is 5. The zero-order valence-electron chi connectivity index (χ0n) is 11.4. The normalized spacial score (nSPS) is 20.0. The number of anilines is 1. The molecule has 0 radical (unpaired) electrons. The number of nitrogens with zero attached hydrogens (tertiary/aromatic N) is 1. The van der Waals surface area contributed by atoms with E-state index < -0.39 is 32.2 Å². The predicted molar refractivity (Wildman–Crippen MR) is 74.0 cm³/mol. The summed E-state index contributed by atoms with van der Waals surface area (Å²) in [5.41, 5.74) is 4.44. The number of nitrogens with two attached hydrogens (primary N) is 1. The third-order valence-electron chi connectivity index (χ3n) is 3.70.